The van der Waals surface area contributed by atoms with Crippen molar-refractivity contribution in [2.75, 3.05) is 24.5 Å². The van der Waals surface area contributed by atoms with Crippen LogP contribution in [0.4, 0.5) is 10.5 Å². The molecule has 5 heterocycles. The molecule has 0 spiro atoms. The fourth-order valence-electron chi connectivity index (χ4n) is 6.32. The Hall–Kier alpha value is -5.34. The van der Waals surface area contributed by atoms with E-state index in [9.17, 15) is 19.2 Å². The van der Waals surface area contributed by atoms with Crippen molar-refractivity contribution in [2.45, 2.75) is 46.1 Å². The van der Waals surface area contributed by atoms with Crippen LogP contribution in [0.15, 0.2) is 53.7 Å². The number of aromatic amines is 1. The number of nitrogens with one attached hydrogen (secondary N) is 4. The van der Waals surface area contributed by atoms with E-state index in [1.807, 2.05) is 47.9 Å². The van der Waals surface area contributed by atoms with Crippen molar-refractivity contribution >= 4 is 69.0 Å². The lowest BCUT2D eigenvalue weighted by Crippen LogP contribution is -2.49. The zero-order valence-corrected chi connectivity index (χ0v) is 29.2. The molecule has 1 saturated heterocycles. The zero-order valence-electron chi connectivity index (χ0n) is 27.6. The number of H-pyrrole nitrogens is 1. The smallest absolute Gasteiger partial charge is 0.328 e. The summed E-state index contributed by atoms with van der Waals surface area (Å²) in [6, 6.07) is 12.0. The third-order valence-corrected chi connectivity index (χ3v) is 10.4. The maximum absolute atomic E-state index is 13.3. The number of fused-ring (bicyclic) bond motifs is 4. The number of thiophene rings is 1. The zero-order chi connectivity index (χ0) is 35.1. The first kappa shape index (κ1) is 33.2. The van der Waals surface area contributed by atoms with Crippen molar-refractivity contribution in [1.29, 1.82) is 0 Å². The van der Waals surface area contributed by atoms with Crippen LogP contribution in [-0.4, -0.2) is 68.8 Å². The number of aryl methyl sites for hydroxylation is 2. The van der Waals surface area contributed by atoms with E-state index in [1.165, 1.54) is 4.90 Å². The lowest BCUT2D eigenvalue weighted by atomic mass is 9.99. The average molecular weight is 712 g/mol. The van der Waals surface area contributed by atoms with Crippen LogP contribution in [-0.2, 0) is 20.8 Å². The Bertz CT molecular complexity index is 2200. The number of nitrogens with zero attached hydrogens (tertiary/aromatic N) is 5. The van der Waals surface area contributed by atoms with E-state index in [2.05, 4.69) is 45.0 Å². The number of imide groups is 1. The van der Waals surface area contributed by atoms with Crippen molar-refractivity contribution < 1.29 is 19.2 Å². The Balaban J connectivity index is 0.987. The lowest BCUT2D eigenvalue weighted by Gasteiger charge is -2.26. The van der Waals surface area contributed by atoms with E-state index in [4.69, 9.17) is 16.6 Å². The third kappa shape index (κ3) is 6.39. The summed E-state index contributed by atoms with van der Waals surface area (Å²) >= 11 is 7.85. The van der Waals surface area contributed by atoms with Crippen LogP contribution in [0.3, 0.4) is 0 Å². The molecule has 0 bridgehead atoms. The summed E-state index contributed by atoms with van der Waals surface area (Å²) in [7, 11) is 0. The molecule has 50 heavy (non-hydrogen) atoms. The predicted molar refractivity (Wildman–Crippen MR) is 191 cm³/mol. The summed E-state index contributed by atoms with van der Waals surface area (Å²) < 4.78 is 2.00. The number of carbonyl (C=O) groups excluding carboxylic acids is 4. The molecule has 0 saturated carbocycles. The standard InChI is InChI=1S/C35H34ClN9O4S/c1-18-19(2)50-34-31(18)32(21-4-6-23(36)7-5-21)40-27(33-43-42-20(3)45(33)34)16-30(48)38-12-11-37-29(47)14-22-17-39-26-15-24(8-9-25(22)26)44-13-10-28(46)41-35(44)49/h4-9,15,17,27,39H,10-14,16H2,1-3H3,(H,37,47)(H,38,48)(H,41,46,49)/t27-/m0/s1. The van der Waals surface area contributed by atoms with Crippen molar-refractivity contribution in [2.24, 2.45) is 4.99 Å². The summed E-state index contributed by atoms with van der Waals surface area (Å²) in [4.78, 5) is 60.8. The van der Waals surface area contributed by atoms with Crippen LogP contribution < -0.4 is 20.9 Å². The maximum atomic E-state index is 13.3. The fraction of sp³-hybridized carbons (Fsp3) is 0.286. The van der Waals surface area contributed by atoms with Crippen molar-refractivity contribution in [3.63, 3.8) is 0 Å². The van der Waals surface area contributed by atoms with E-state index >= 15 is 0 Å². The summed E-state index contributed by atoms with van der Waals surface area (Å²) in [6.07, 6.45) is 2.18. The normalized spacial score (nSPS) is 15.6. The summed E-state index contributed by atoms with van der Waals surface area (Å²) in [6.45, 7) is 6.84. The monoisotopic (exact) mass is 711 g/mol. The van der Waals surface area contributed by atoms with Gasteiger partial charge in [0, 0.05) is 69.9 Å². The van der Waals surface area contributed by atoms with Gasteiger partial charge < -0.3 is 15.6 Å². The molecule has 5 amide bonds. The second-order valence-electron chi connectivity index (χ2n) is 12.3. The molecule has 4 N–H and O–H groups in total. The molecule has 1 atom stereocenters. The SMILES string of the molecule is Cc1sc2c(c1C)C(c1ccc(Cl)cc1)=N[C@@H](CC(=O)NCCNC(=O)Cc1c[nH]c3cc(N4CCC(=O)NC4=O)ccc13)c1nnc(C)n1-2. The Morgan fingerprint density at radius 2 is 1.78 bits per heavy atom. The number of benzene rings is 2. The van der Waals surface area contributed by atoms with Crippen LogP contribution in [0.25, 0.3) is 15.9 Å². The van der Waals surface area contributed by atoms with Gasteiger partial charge in [0.1, 0.15) is 16.9 Å². The predicted octanol–water partition coefficient (Wildman–Crippen LogP) is 4.59. The number of halogens is 1. The van der Waals surface area contributed by atoms with Gasteiger partial charge in [-0.05, 0) is 56.2 Å². The first-order valence-corrected chi connectivity index (χ1v) is 17.4. The average Bonchev–Trinajstić information content (AvgIpc) is 3.73. The van der Waals surface area contributed by atoms with Gasteiger partial charge in [-0.2, -0.15) is 0 Å². The van der Waals surface area contributed by atoms with Gasteiger partial charge in [-0.1, -0.05) is 29.8 Å². The van der Waals surface area contributed by atoms with E-state index in [0.29, 0.717) is 28.9 Å². The largest absolute Gasteiger partial charge is 0.361 e. The van der Waals surface area contributed by atoms with E-state index in [0.717, 1.165) is 48.7 Å². The molecular weight excluding hydrogens is 678 g/mol. The first-order valence-electron chi connectivity index (χ1n) is 16.2. The third-order valence-electron chi connectivity index (χ3n) is 8.97. The number of aromatic nitrogens is 4. The van der Waals surface area contributed by atoms with Crippen LogP contribution in [0, 0.1) is 20.8 Å². The number of carbonyl (C=O) groups is 4. The second kappa shape index (κ2) is 13.5. The topological polar surface area (TPSA) is 166 Å². The van der Waals surface area contributed by atoms with E-state index in [1.54, 1.807) is 23.6 Å². The number of aliphatic imine (C=N–C) groups is 1. The molecule has 5 aromatic rings. The van der Waals surface area contributed by atoms with E-state index < -0.39 is 12.1 Å². The molecule has 2 aliphatic heterocycles. The molecule has 15 heteroatoms. The van der Waals surface area contributed by atoms with E-state index in [-0.39, 0.29) is 50.1 Å². The molecule has 3 aromatic heterocycles. The van der Waals surface area contributed by atoms with Crippen molar-refractivity contribution in [3.8, 4) is 5.00 Å². The highest BCUT2D eigenvalue weighted by molar-refractivity contribution is 7.15. The van der Waals surface area contributed by atoms with Gasteiger partial charge >= 0.3 is 6.03 Å². The summed E-state index contributed by atoms with van der Waals surface area (Å²) in [5, 5.41) is 19.4. The molecule has 0 aliphatic carbocycles. The molecule has 2 aliphatic rings. The van der Waals surface area contributed by atoms with Crippen LogP contribution >= 0.6 is 22.9 Å². The number of hydrogen-bond donors (Lipinski definition) is 4. The van der Waals surface area contributed by atoms with Crippen LogP contribution in [0.1, 0.15) is 57.7 Å². The highest BCUT2D eigenvalue weighted by Crippen LogP contribution is 2.39. The van der Waals surface area contributed by atoms with Gasteiger partial charge in [-0.3, -0.25) is 34.2 Å². The minimum absolute atomic E-state index is 0.0445. The van der Waals surface area contributed by atoms with Gasteiger partial charge in [0.05, 0.1) is 18.6 Å². The summed E-state index contributed by atoms with van der Waals surface area (Å²) in [5.74, 6) is 0.594. The van der Waals surface area contributed by atoms with Gasteiger partial charge in [0.2, 0.25) is 17.7 Å². The fourth-order valence-corrected chi connectivity index (χ4v) is 7.66. The lowest BCUT2D eigenvalue weighted by molar-refractivity contribution is -0.122. The highest BCUT2D eigenvalue weighted by atomic mass is 35.5. The molecular formula is C35H34ClN9O4S. The molecule has 1 fully saturated rings. The van der Waals surface area contributed by atoms with Crippen LogP contribution in [0.2, 0.25) is 5.02 Å². The van der Waals surface area contributed by atoms with Crippen molar-refractivity contribution in [3.05, 3.63) is 92.5 Å². The molecule has 0 radical (unpaired) electrons. The minimum Gasteiger partial charge on any atom is -0.361 e. The Morgan fingerprint density at radius 3 is 2.54 bits per heavy atom. The Kier molecular flexibility index (Phi) is 8.97. The molecule has 2 aromatic carbocycles. The number of amides is 5. The Morgan fingerprint density at radius 1 is 1.02 bits per heavy atom. The molecule has 256 valence electrons. The molecule has 13 nitrogen and oxygen atoms in total. The van der Waals surface area contributed by atoms with Crippen molar-refractivity contribution in [1.82, 2.24) is 35.7 Å². The first-order chi connectivity index (χ1) is 24.1. The van der Waals surface area contributed by atoms with Crippen LogP contribution in [0.5, 0.6) is 0 Å². The van der Waals surface area contributed by atoms with Gasteiger partial charge in [0.25, 0.3) is 0 Å². The number of urea groups is 1. The molecule has 0 unspecified atom stereocenters. The highest BCUT2D eigenvalue weighted by Gasteiger charge is 2.32. The van der Waals surface area contributed by atoms with Gasteiger partial charge in [0.15, 0.2) is 5.82 Å². The number of rotatable bonds is 9. The summed E-state index contributed by atoms with van der Waals surface area (Å²) in [5.41, 5.74) is 6.00. The minimum atomic E-state index is -0.593. The number of hydrogen-bond acceptors (Lipinski definition) is 8. The van der Waals surface area contributed by atoms with Gasteiger partial charge in [-0.25, -0.2) is 4.79 Å². The van der Waals surface area contributed by atoms with Gasteiger partial charge in [-0.15, -0.1) is 21.5 Å². The quantitative estimate of drug-likeness (QED) is 0.163. The molecule has 7 rings (SSSR count). The second-order valence-corrected chi connectivity index (χ2v) is 13.9. The maximum Gasteiger partial charge on any atom is 0.328 e. The Labute approximate surface area is 296 Å². The number of anilines is 1.